The molecule has 0 spiro atoms. The first kappa shape index (κ1) is 44.4. The van der Waals surface area contributed by atoms with Gasteiger partial charge in [0.15, 0.2) is 0 Å². The number of ether oxygens (including phenoxy) is 8. The predicted molar refractivity (Wildman–Crippen MR) is 188 cm³/mol. The van der Waals surface area contributed by atoms with E-state index in [1.165, 1.54) is 24.3 Å². The van der Waals surface area contributed by atoms with Crippen molar-refractivity contribution >= 4 is 53.1 Å². The molecular formula is C36H45N3O18. The van der Waals surface area contributed by atoms with Crippen LogP contribution in [0.3, 0.4) is 0 Å². The Hall–Kier alpha value is -5.32. The second-order valence-corrected chi connectivity index (χ2v) is 12.0. The van der Waals surface area contributed by atoms with Gasteiger partial charge in [-0.25, -0.2) is 14.5 Å². The Morgan fingerprint density at radius 1 is 0.439 bits per heavy atom. The Kier molecular flexibility index (Phi) is 19.0. The van der Waals surface area contributed by atoms with Crippen molar-refractivity contribution in [2.45, 2.75) is 38.5 Å². The van der Waals surface area contributed by atoms with E-state index in [-0.39, 0.29) is 137 Å². The number of hydroxylamine groups is 4. The summed E-state index contributed by atoms with van der Waals surface area (Å²) in [6.07, 6.45) is 2.16. The second kappa shape index (κ2) is 24.3. The summed E-state index contributed by atoms with van der Waals surface area (Å²) in [6.45, 7) is 2.69. The maximum atomic E-state index is 12.3. The molecule has 0 N–H and O–H groups in total. The second-order valence-electron chi connectivity index (χ2n) is 12.0. The molecule has 3 aliphatic rings. The molecule has 1 aromatic carbocycles. The molecule has 0 saturated carbocycles. The highest BCUT2D eigenvalue weighted by Crippen LogP contribution is 2.30. The molecule has 0 bridgehead atoms. The number of carbonyl (C=O) groups excluding carboxylic acids is 8. The summed E-state index contributed by atoms with van der Waals surface area (Å²) < 4.78 is 44.1. The molecule has 4 rings (SSSR count). The van der Waals surface area contributed by atoms with Crippen LogP contribution in [-0.4, -0.2) is 150 Å². The maximum absolute atomic E-state index is 12.3. The standard InChI is InChI=1S/C36H45N3O18/c40-29-1-2-30(41)37(29)26-23-27(54-21-19-52-17-15-50-13-11-48-9-7-35(46)56-38-31(42)3-4-32(38)43)25-28(24-26)55-22-20-53-18-16-51-14-12-49-10-8-36(47)57-39-33(44)5-6-34(39)45/h1-2,23-25H,3-22H2. The van der Waals surface area contributed by atoms with Gasteiger partial charge in [0.25, 0.3) is 35.4 Å². The van der Waals surface area contributed by atoms with E-state index >= 15 is 0 Å². The first-order chi connectivity index (χ1) is 27.6. The van der Waals surface area contributed by atoms with Gasteiger partial charge in [0.05, 0.1) is 97.8 Å². The molecule has 57 heavy (non-hydrogen) atoms. The minimum Gasteiger partial charge on any atom is -0.491 e. The van der Waals surface area contributed by atoms with Gasteiger partial charge in [0.2, 0.25) is 0 Å². The SMILES string of the molecule is O=C(CCOCCOCCOCCOc1cc(OCCOCCOCCOCCC(=O)ON2C(=O)CCC2=O)cc(N2C(=O)C=CC2=O)c1)ON1C(=O)CCC1=O. The van der Waals surface area contributed by atoms with Crippen LogP contribution in [0.5, 0.6) is 11.5 Å². The number of carbonyl (C=O) groups is 8. The topological polar surface area (TPSA) is 239 Å². The van der Waals surface area contributed by atoms with Crippen LogP contribution in [0.1, 0.15) is 38.5 Å². The van der Waals surface area contributed by atoms with Gasteiger partial charge in [-0.2, -0.15) is 0 Å². The van der Waals surface area contributed by atoms with E-state index in [1.807, 2.05) is 0 Å². The van der Waals surface area contributed by atoms with Gasteiger partial charge < -0.3 is 47.6 Å². The zero-order chi connectivity index (χ0) is 40.8. The van der Waals surface area contributed by atoms with Crippen molar-refractivity contribution in [3.05, 3.63) is 30.4 Å². The van der Waals surface area contributed by atoms with Crippen LogP contribution in [0.15, 0.2) is 30.4 Å². The minimum atomic E-state index is -0.747. The summed E-state index contributed by atoms with van der Waals surface area (Å²) in [5, 5.41) is 0.975. The van der Waals surface area contributed by atoms with Gasteiger partial charge >= 0.3 is 11.9 Å². The molecule has 3 heterocycles. The summed E-state index contributed by atoms with van der Waals surface area (Å²) in [7, 11) is 0. The Bertz CT molecular complexity index is 1470. The van der Waals surface area contributed by atoms with E-state index in [0.717, 1.165) is 4.90 Å². The van der Waals surface area contributed by atoms with Crippen molar-refractivity contribution in [3.63, 3.8) is 0 Å². The Labute approximate surface area is 326 Å². The Morgan fingerprint density at radius 2 is 0.754 bits per heavy atom. The molecule has 2 saturated heterocycles. The van der Waals surface area contributed by atoms with E-state index in [4.69, 9.17) is 47.6 Å². The number of hydrogen-bond donors (Lipinski definition) is 0. The average Bonchev–Trinajstić information content (AvgIpc) is 3.81. The smallest absolute Gasteiger partial charge is 0.335 e. The highest BCUT2D eigenvalue weighted by molar-refractivity contribution is 6.28. The van der Waals surface area contributed by atoms with Crippen LogP contribution in [-0.2, 0) is 76.5 Å². The van der Waals surface area contributed by atoms with E-state index in [1.54, 1.807) is 6.07 Å². The lowest BCUT2D eigenvalue weighted by Gasteiger charge is -2.17. The number of imide groups is 3. The first-order valence-corrected chi connectivity index (χ1v) is 18.2. The van der Waals surface area contributed by atoms with Crippen molar-refractivity contribution in [1.82, 2.24) is 10.1 Å². The molecule has 0 radical (unpaired) electrons. The first-order valence-electron chi connectivity index (χ1n) is 18.2. The highest BCUT2D eigenvalue weighted by Gasteiger charge is 2.33. The molecule has 21 heteroatoms. The summed E-state index contributed by atoms with van der Waals surface area (Å²) in [5.41, 5.74) is 0.262. The molecular weight excluding hydrogens is 762 g/mol. The number of rotatable bonds is 29. The van der Waals surface area contributed by atoms with Gasteiger partial charge in [-0.3, -0.25) is 28.8 Å². The average molecular weight is 808 g/mol. The molecule has 21 nitrogen and oxygen atoms in total. The lowest BCUT2D eigenvalue weighted by atomic mass is 10.2. The Balaban J connectivity index is 1.02. The fourth-order valence-corrected chi connectivity index (χ4v) is 4.95. The molecule has 0 aliphatic carbocycles. The van der Waals surface area contributed by atoms with E-state index < -0.39 is 47.4 Å². The van der Waals surface area contributed by atoms with Crippen molar-refractivity contribution in [1.29, 1.82) is 0 Å². The zero-order valence-electron chi connectivity index (χ0n) is 31.2. The summed E-state index contributed by atoms with van der Waals surface area (Å²) in [5.74, 6) is -4.02. The van der Waals surface area contributed by atoms with Crippen LogP contribution in [0.25, 0.3) is 0 Å². The highest BCUT2D eigenvalue weighted by atomic mass is 16.7. The summed E-state index contributed by atoms with van der Waals surface area (Å²) in [4.78, 5) is 105. The van der Waals surface area contributed by atoms with Gasteiger partial charge in [0, 0.05) is 56.0 Å². The largest absolute Gasteiger partial charge is 0.491 e. The lowest BCUT2D eigenvalue weighted by Crippen LogP contribution is -2.32. The fourth-order valence-electron chi connectivity index (χ4n) is 4.95. The molecule has 3 aliphatic heterocycles. The molecule has 0 atom stereocenters. The molecule has 0 unspecified atom stereocenters. The van der Waals surface area contributed by atoms with Crippen LogP contribution >= 0.6 is 0 Å². The van der Waals surface area contributed by atoms with Crippen LogP contribution in [0, 0.1) is 0 Å². The number of amides is 6. The van der Waals surface area contributed by atoms with Crippen molar-refractivity contribution in [3.8, 4) is 11.5 Å². The summed E-state index contributed by atoms with van der Waals surface area (Å²) in [6, 6.07) is 4.67. The van der Waals surface area contributed by atoms with Crippen molar-refractivity contribution in [2.24, 2.45) is 0 Å². The summed E-state index contributed by atoms with van der Waals surface area (Å²) >= 11 is 0. The molecule has 312 valence electrons. The third-order valence-electron chi connectivity index (χ3n) is 7.71. The zero-order valence-corrected chi connectivity index (χ0v) is 31.2. The molecule has 1 aromatic rings. The molecule has 2 fully saturated rings. The third kappa shape index (κ3) is 15.6. The fraction of sp³-hybridized carbons (Fsp3) is 0.556. The van der Waals surface area contributed by atoms with Gasteiger partial charge in [-0.15, -0.1) is 10.1 Å². The van der Waals surface area contributed by atoms with Gasteiger partial charge in [-0.1, -0.05) is 0 Å². The monoisotopic (exact) mass is 807 g/mol. The van der Waals surface area contributed by atoms with Crippen LogP contribution in [0.4, 0.5) is 5.69 Å². The van der Waals surface area contributed by atoms with Crippen molar-refractivity contribution in [2.75, 3.05) is 97.4 Å². The van der Waals surface area contributed by atoms with E-state index in [0.29, 0.717) is 21.6 Å². The number of nitrogens with zero attached hydrogens (tertiary/aromatic N) is 3. The van der Waals surface area contributed by atoms with Crippen molar-refractivity contribution < 1.29 is 85.9 Å². The minimum absolute atomic E-state index is 0.0220. The number of anilines is 1. The van der Waals surface area contributed by atoms with Crippen LogP contribution < -0.4 is 14.4 Å². The molecule has 6 amide bonds. The number of benzene rings is 1. The molecule has 0 aromatic heterocycles. The van der Waals surface area contributed by atoms with Gasteiger partial charge in [-0.05, 0) is 0 Å². The predicted octanol–water partition coefficient (Wildman–Crippen LogP) is -0.0322. The van der Waals surface area contributed by atoms with E-state index in [9.17, 15) is 38.4 Å². The lowest BCUT2D eigenvalue weighted by molar-refractivity contribution is -0.198. The third-order valence-corrected chi connectivity index (χ3v) is 7.71. The maximum Gasteiger partial charge on any atom is 0.335 e. The normalized spacial score (nSPS) is 15.4. The van der Waals surface area contributed by atoms with Crippen LogP contribution in [0.2, 0.25) is 0 Å². The quantitative estimate of drug-likeness (QED) is 0.0763. The van der Waals surface area contributed by atoms with E-state index in [2.05, 4.69) is 0 Å². The number of hydrogen-bond acceptors (Lipinski definition) is 18. The van der Waals surface area contributed by atoms with Gasteiger partial charge in [0.1, 0.15) is 24.7 Å². The Morgan fingerprint density at radius 3 is 1.11 bits per heavy atom.